The lowest BCUT2D eigenvalue weighted by Crippen LogP contribution is -2.21. The molecule has 1 heterocycles. The number of halogens is 1. The molecule has 1 aliphatic rings. The summed E-state index contributed by atoms with van der Waals surface area (Å²) in [5, 5.41) is 0.778. The van der Waals surface area contributed by atoms with E-state index in [1.807, 2.05) is 31.3 Å². The summed E-state index contributed by atoms with van der Waals surface area (Å²) in [5.41, 5.74) is 1.17. The number of anilines is 1. The van der Waals surface area contributed by atoms with Gasteiger partial charge in [-0.1, -0.05) is 11.6 Å². The Morgan fingerprint density at radius 1 is 1.15 bits per heavy atom. The van der Waals surface area contributed by atoms with Crippen molar-refractivity contribution in [3.8, 4) is 0 Å². The van der Waals surface area contributed by atoms with Gasteiger partial charge in [-0.25, -0.2) is 0 Å². The minimum Gasteiger partial charge on any atom is -0.361 e. The highest BCUT2D eigenvalue weighted by molar-refractivity contribution is 6.30. The van der Waals surface area contributed by atoms with Gasteiger partial charge in [-0.2, -0.15) is 0 Å². The standard InChI is InChI=1S/C10H11ClN2/c1-12-6-7-13(8-12)10-4-2-9(11)3-5-10/h2-7H,8H2,1H3. The molecule has 1 aromatic rings. The van der Waals surface area contributed by atoms with E-state index in [4.69, 9.17) is 11.6 Å². The first-order valence-electron chi connectivity index (χ1n) is 4.16. The molecule has 1 aliphatic heterocycles. The molecule has 68 valence electrons. The highest BCUT2D eigenvalue weighted by atomic mass is 35.5. The second kappa shape index (κ2) is 3.30. The van der Waals surface area contributed by atoms with Gasteiger partial charge in [0.15, 0.2) is 0 Å². The predicted octanol–water partition coefficient (Wildman–Crippen LogP) is 2.52. The van der Waals surface area contributed by atoms with Crippen LogP contribution in [0.25, 0.3) is 0 Å². The first kappa shape index (κ1) is 8.45. The zero-order valence-corrected chi connectivity index (χ0v) is 8.20. The molecule has 2 nitrogen and oxygen atoms in total. The highest BCUT2D eigenvalue weighted by Crippen LogP contribution is 2.20. The molecular formula is C10H11ClN2. The van der Waals surface area contributed by atoms with E-state index < -0.39 is 0 Å². The number of hydrogen-bond donors (Lipinski definition) is 0. The zero-order valence-electron chi connectivity index (χ0n) is 7.44. The van der Waals surface area contributed by atoms with Gasteiger partial charge in [0.2, 0.25) is 0 Å². The molecule has 0 N–H and O–H groups in total. The predicted molar refractivity (Wildman–Crippen MR) is 55.7 cm³/mol. The Morgan fingerprint density at radius 3 is 2.38 bits per heavy atom. The van der Waals surface area contributed by atoms with Crippen LogP contribution in [0.1, 0.15) is 0 Å². The van der Waals surface area contributed by atoms with Crippen LogP contribution in [-0.4, -0.2) is 18.6 Å². The van der Waals surface area contributed by atoms with E-state index in [0.717, 1.165) is 11.7 Å². The van der Waals surface area contributed by atoms with Crippen molar-refractivity contribution < 1.29 is 0 Å². The highest BCUT2D eigenvalue weighted by Gasteiger charge is 2.09. The van der Waals surface area contributed by atoms with E-state index >= 15 is 0 Å². The quantitative estimate of drug-likeness (QED) is 0.678. The van der Waals surface area contributed by atoms with Gasteiger partial charge < -0.3 is 9.80 Å². The van der Waals surface area contributed by atoms with Crippen LogP contribution in [0.2, 0.25) is 5.02 Å². The van der Waals surface area contributed by atoms with Crippen LogP contribution in [-0.2, 0) is 0 Å². The van der Waals surface area contributed by atoms with E-state index in [-0.39, 0.29) is 0 Å². The van der Waals surface area contributed by atoms with Gasteiger partial charge in [-0.05, 0) is 24.3 Å². The number of rotatable bonds is 1. The van der Waals surface area contributed by atoms with Crippen molar-refractivity contribution in [1.29, 1.82) is 0 Å². The zero-order chi connectivity index (χ0) is 9.26. The Morgan fingerprint density at radius 2 is 1.85 bits per heavy atom. The maximum absolute atomic E-state index is 5.80. The summed E-state index contributed by atoms with van der Waals surface area (Å²) in [7, 11) is 2.05. The van der Waals surface area contributed by atoms with Gasteiger partial charge in [0.25, 0.3) is 0 Å². The summed E-state index contributed by atoms with van der Waals surface area (Å²) < 4.78 is 0. The lowest BCUT2D eigenvalue weighted by molar-refractivity contribution is 0.496. The van der Waals surface area contributed by atoms with Crippen molar-refractivity contribution in [2.45, 2.75) is 0 Å². The van der Waals surface area contributed by atoms with Crippen molar-refractivity contribution in [1.82, 2.24) is 4.90 Å². The van der Waals surface area contributed by atoms with Gasteiger partial charge in [0.1, 0.15) is 0 Å². The molecule has 0 bridgehead atoms. The molecule has 0 saturated carbocycles. The van der Waals surface area contributed by atoms with Crippen LogP contribution < -0.4 is 4.90 Å². The van der Waals surface area contributed by atoms with Crippen LogP contribution >= 0.6 is 11.6 Å². The fourth-order valence-corrected chi connectivity index (χ4v) is 1.46. The maximum Gasteiger partial charge on any atom is 0.0938 e. The van der Waals surface area contributed by atoms with Crippen molar-refractivity contribution in [2.24, 2.45) is 0 Å². The topological polar surface area (TPSA) is 6.48 Å². The number of benzene rings is 1. The van der Waals surface area contributed by atoms with E-state index in [0.29, 0.717) is 0 Å². The minimum atomic E-state index is 0.778. The van der Waals surface area contributed by atoms with E-state index in [9.17, 15) is 0 Å². The molecule has 0 aliphatic carbocycles. The molecule has 0 radical (unpaired) electrons. The second-order valence-electron chi connectivity index (χ2n) is 3.14. The van der Waals surface area contributed by atoms with Crippen LogP contribution in [0.5, 0.6) is 0 Å². The van der Waals surface area contributed by atoms with E-state index in [2.05, 4.69) is 22.2 Å². The molecular weight excluding hydrogens is 184 g/mol. The number of hydrogen-bond acceptors (Lipinski definition) is 2. The summed E-state index contributed by atoms with van der Waals surface area (Å²) in [6.07, 6.45) is 4.11. The van der Waals surface area contributed by atoms with Crippen molar-refractivity contribution >= 4 is 17.3 Å². The first-order valence-corrected chi connectivity index (χ1v) is 4.54. The normalized spacial score (nSPS) is 15.5. The summed E-state index contributed by atoms with van der Waals surface area (Å²) >= 11 is 5.80. The summed E-state index contributed by atoms with van der Waals surface area (Å²) in [4.78, 5) is 4.28. The number of nitrogens with zero attached hydrogens (tertiary/aromatic N) is 2. The Hall–Kier alpha value is -1.15. The van der Waals surface area contributed by atoms with Crippen LogP contribution in [0.4, 0.5) is 5.69 Å². The lowest BCUT2D eigenvalue weighted by atomic mass is 10.3. The van der Waals surface area contributed by atoms with Crippen molar-refractivity contribution in [3.05, 3.63) is 41.7 Å². The monoisotopic (exact) mass is 194 g/mol. The molecule has 3 heteroatoms. The average Bonchev–Trinajstić information content (AvgIpc) is 2.53. The maximum atomic E-state index is 5.80. The van der Waals surface area contributed by atoms with Crippen molar-refractivity contribution in [2.75, 3.05) is 18.6 Å². The van der Waals surface area contributed by atoms with Gasteiger partial charge in [0, 0.05) is 30.2 Å². The molecule has 0 amide bonds. The third kappa shape index (κ3) is 1.78. The van der Waals surface area contributed by atoms with Crippen LogP contribution in [0.15, 0.2) is 36.7 Å². The first-order chi connectivity index (χ1) is 6.25. The van der Waals surface area contributed by atoms with Gasteiger partial charge in [0.05, 0.1) is 6.67 Å². The molecule has 0 saturated heterocycles. The molecule has 0 fully saturated rings. The van der Waals surface area contributed by atoms with E-state index in [1.54, 1.807) is 0 Å². The molecule has 2 rings (SSSR count). The van der Waals surface area contributed by atoms with Gasteiger partial charge in [-0.15, -0.1) is 0 Å². The third-order valence-electron chi connectivity index (χ3n) is 2.03. The minimum absolute atomic E-state index is 0.778. The van der Waals surface area contributed by atoms with Gasteiger partial charge >= 0.3 is 0 Å². The molecule has 0 aromatic heterocycles. The average molecular weight is 195 g/mol. The molecule has 1 aromatic carbocycles. The summed E-state index contributed by atoms with van der Waals surface area (Å²) in [5.74, 6) is 0. The largest absolute Gasteiger partial charge is 0.361 e. The Balaban J connectivity index is 2.18. The SMILES string of the molecule is CN1C=CN(c2ccc(Cl)cc2)C1. The molecule has 13 heavy (non-hydrogen) atoms. The van der Waals surface area contributed by atoms with Crippen LogP contribution in [0.3, 0.4) is 0 Å². The molecule has 0 spiro atoms. The van der Waals surface area contributed by atoms with Gasteiger partial charge in [-0.3, -0.25) is 0 Å². The lowest BCUT2D eigenvalue weighted by Gasteiger charge is -2.17. The van der Waals surface area contributed by atoms with E-state index in [1.165, 1.54) is 5.69 Å². The van der Waals surface area contributed by atoms with Crippen LogP contribution in [0, 0.1) is 0 Å². The second-order valence-corrected chi connectivity index (χ2v) is 3.58. The Bertz CT molecular complexity index is 318. The fraction of sp³-hybridized carbons (Fsp3) is 0.200. The van der Waals surface area contributed by atoms with Crippen molar-refractivity contribution in [3.63, 3.8) is 0 Å². The Kier molecular flexibility index (Phi) is 2.15. The summed E-state index contributed by atoms with van der Waals surface area (Å²) in [6, 6.07) is 7.85. The fourth-order valence-electron chi connectivity index (χ4n) is 1.33. The third-order valence-corrected chi connectivity index (χ3v) is 2.29. The Labute approximate surface area is 83.0 Å². The molecule has 0 atom stereocenters. The smallest absolute Gasteiger partial charge is 0.0938 e. The molecule has 0 unspecified atom stereocenters. The summed E-state index contributed by atoms with van der Waals surface area (Å²) in [6.45, 7) is 0.904.